The van der Waals surface area contributed by atoms with Gasteiger partial charge in [-0.15, -0.1) is 10.2 Å². The van der Waals surface area contributed by atoms with Gasteiger partial charge in [0.25, 0.3) is 0 Å². The maximum absolute atomic E-state index is 5.49. The largest absolute Gasteiger partial charge is 0.394 e. The van der Waals surface area contributed by atoms with Crippen LogP contribution in [-0.2, 0) is 6.42 Å². The molecule has 0 unspecified atom stereocenters. The van der Waals surface area contributed by atoms with Gasteiger partial charge < -0.3 is 5.73 Å². The number of nitrogens with two attached hydrogens (primary N) is 1. The monoisotopic (exact) mass is 273 g/mol. The van der Waals surface area contributed by atoms with Crippen molar-refractivity contribution >= 4 is 17.4 Å². The van der Waals surface area contributed by atoms with Crippen molar-refractivity contribution in [2.24, 2.45) is 5.73 Å². The average molecular weight is 273 g/mol. The van der Waals surface area contributed by atoms with Crippen molar-refractivity contribution in [1.29, 1.82) is 0 Å². The van der Waals surface area contributed by atoms with E-state index in [1.165, 1.54) is 11.8 Å². The molecule has 0 atom stereocenters. The van der Waals surface area contributed by atoms with Gasteiger partial charge in [0.15, 0.2) is 11.5 Å². The zero-order valence-corrected chi connectivity index (χ0v) is 11.5. The predicted molar refractivity (Wildman–Crippen MR) is 78.3 cm³/mol. The van der Waals surface area contributed by atoms with E-state index in [1.54, 1.807) is 10.7 Å². The molecule has 0 amide bonds. The van der Waals surface area contributed by atoms with Crippen LogP contribution in [0, 0.1) is 0 Å². The quantitative estimate of drug-likeness (QED) is 0.846. The maximum Gasteiger partial charge on any atom is 0.177 e. The summed E-state index contributed by atoms with van der Waals surface area (Å²) in [4.78, 5) is 0. The van der Waals surface area contributed by atoms with Crippen LogP contribution in [0.2, 0.25) is 0 Å². The molecule has 19 heavy (non-hydrogen) atoms. The molecule has 0 spiro atoms. The van der Waals surface area contributed by atoms with Gasteiger partial charge in [0.2, 0.25) is 0 Å². The van der Waals surface area contributed by atoms with Gasteiger partial charge in [-0.2, -0.15) is 9.61 Å². The predicted octanol–water partition coefficient (Wildman–Crippen LogP) is 2.29. The molecule has 0 aliphatic heterocycles. The highest BCUT2D eigenvalue weighted by atomic mass is 32.2. The molecule has 0 fully saturated rings. The highest BCUT2D eigenvalue weighted by molar-refractivity contribution is 8.05. The Bertz CT molecular complexity index is 641. The fraction of sp³-hybridized carbons (Fsp3) is 0.154. The second-order valence-electron chi connectivity index (χ2n) is 3.84. The highest BCUT2D eigenvalue weighted by Gasteiger charge is 2.06. The number of rotatable bonds is 5. The summed E-state index contributed by atoms with van der Waals surface area (Å²) in [5.41, 5.74) is 7.36. The van der Waals surface area contributed by atoms with Gasteiger partial charge in [-0.3, -0.25) is 0 Å². The Kier molecular flexibility index (Phi) is 4.35. The molecule has 0 aromatic carbocycles. The number of nitrogens with zero attached hydrogens (tertiary/aromatic N) is 4. The zero-order chi connectivity index (χ0) is 13.7. The molecular weight excluding hydrogens is 258 g/mol. The summed E-state index contributed by atoms with van der Waals surface area (Å²) in [5, 5.41) is 14.9. The van der Waals surface area contributed by atoms with Crippen molar-refractivity contribution in [3.63, 3.8) is 0 Å². The Hall–Kier alpha value is -2.08. The van der Waals surface area contributed by atoms with Crippen LogP contribution in [0.5, 0.6) is 0 Å². The first-order valence-electron chi connectivity index (χ1n) is 5.79. The van der Waals surface area contributed by atoms with Crippen LogP contribution in [0.25, 0.3) is 5.65 Å². The summed E-state index contributed by atoms with van der Waals surface area (Å²) in [5.74, 6) is 0.810. The summed E-state index contributed by atoms with van der Waals surface area (Å²) in [6, 6.07) is 3.72. The highest BCUT2D eigenvalue weighted by Crippen LogP contribution is 2.13. The molecule has 0 saturated heterocycles. The molecule has 0 aliphatic rings. The van der Waals surface area contributed by atoms with Crippen molar-refractivity contribution in [2.45, 2.75) is 13.3 Å². The van der Waals surface area contributed by atoms with Crippen molar-refractivity contribution in [3.8, 4) is 0 Å². The van der Waals surface area contributed by atoms with E-state index >= 15 is 0 Å². The number of thioether (sulfide) groups is 1. The molecule has 2 N–H and O–H groups in total. The molecule has 6 heteroatoms. The third kappa shape index (κ3) is 3.45. The Morgan fingerprint density at radius 3 is 3.11 bits per heavy atom. The van der Waals surface area contributed by atoms with Crippen molar-refractivity contribution in [3.05, 3.63) is 58.9 Å². The third-order valence-corrected chi connectivity index (χ3v) is 3.05. The van der Waals surface area contributed by atoms with Crippen LogP contribution >= 0.6 is 11.8 Å². The number of hydrogen-bond acceptors (Lipinski definition) is 5. The zero-order valence-electron chi connectivity index (χ0n) is 10.7. The lowest BCUT2D eigenvalue weighted by Crippen LogP contribution is -1.99. The van der Waals surface area contributed by atoms with E-state index < -0.39 is 0 Å². The molecule has 2 rings (SSSR count). The second-order valence-corrected chi connectivity index (χ2v) is 4.87. The van der Waals surface area contributed by atoms with Crippen LogP contribution in [0.15, 0.2) is 53.1 Å². The van der Waals surface area contributed by atoms with Crippen molar-refractivity contribution < 1.29 is 0 Å². The van der Waals surface area contributed by atoms with E-state index in [0.717, 1.165) is 17.0 Å². The second kappa shape index (κ2) is 6.19. The van der Waals surface area contributed by atoms with Gasteiger partial charge in [-0.05, 0) is 30.0 Å². The summed E-state index contributed by atoms with van der Waals surface area (Å²) in [6.45, 7) is 5.61. The summed E-state index contributed by atoms with van der Waals surface area (Å²) < 4.78 is 1.74. The van der Waals surface area contributed by atoms with Crippen LogP contribution in [0.4, 0.5) is 0 Å². The number of hydrogen-bond donors (Lipinski definition) is 1. The van der Waals surface area contributed by atoms with Crippen LogP contribution in [0.1, 0.15) is 12.7 Å². The molecule has 0 radical (unpaired) electrons. The van der Waals surface area contributed by atoms with E-state index in [1.807, 2.05) is 36.6 Å². The standard InChI is InChI=1S/C13H15N5S/c1-3-11(6-8-19-10(2)14)9-13-17-16-12-5-4-7-15-18(12)13/h3-8H,2,9,14H2,1H3/b8-6+,11-3+. The number of allylic oxidation sites excluding steroid dienone is 3. The summed E-state index contributed by atoms with van der Waals surface area (Å²) in [6.07, 6.45) is 6.41. The molecule has 2 aromatic rings. The number of aromatic nitrogens is 4. The van der Waals surface area contributed by atoms with Gasteiger partial charge >= 0.3 is 0 Å². The van der Waals surface area contributed by atoms with Crippen molar-refractivity contribution in [2.75, 3.05) is 0 Å². The SMILES string of the molecule is C=C(N)S/C=C/C(=C\C)Cc1nnc2cccnn12. The topological polar surface area (TPSA) is 69.1 Å². The Morgan fingerprint density at radius 2 is 2.37 bits per heavy atom. The smallest absolute Gasteiger partial charge is 0.177 e. The average Bonchev–Trinajstić information content (AvgIpc) is 2.80. The van der Waals surface area contributed by atoms with E-state index in [4.69, 9.17) is 5.73 Å². The maximum atomic E-state index is 5.49. The fourth-order valence-corrected chi connectivity index (χ4v) is 1.97. The first-order valence-corrected chi connectivity index (χ1v) is 6.66. The van der Waals surface area contributed by atoms with E-state index in [0.29, 0.717) is 11.4 Å². The van der Waals surface area contributed by atoms with Gasteiger partial charge in [0.05, 0.1) is 5.03 Å². The lowest BCUT2D eigenvalue weighted by atomic mass is 10.2. The van der Waals surface area contributed by atoms with Crippen LogP contribution in [-0.4, -0.2) is 19.8 Å². The fourth-order valence-electron chi connectivity index (χ4n) is 1.55. The molecule has 98 valence electrons. The lowest BCUT2D eigenvalue weighted by Gasteiger charge is -2.00. The van der Waals surface area contributed by atoms with Gasteiger partial charge in [0, 0.05) is 12.6 Å². The molecular formula is C13H15N5S. The van der Waals surface area contributed by atoms with Crippen molar-refractivity contribution in [1.82, 2.24) is 19.8 Å². The molecule has 5 nitrogen and oxygen atoms in total. The normalized spacial score (nSPS) is 12.4. The molecule has 0 saturated carbocycles. The third-order valence-electron chi connectivity index (χ3n) is 2.48. The van der Waals surface area contributed by atoms with Gasteiger partial charge in [0.1, 0.15) is 0 Å². The summed E-state index contributed by atoms with van der Waals surface area (Å²) in [7, 11) is 0. The molecule has 2 aromatic heterocycles. The minimum atomic E-state index is 0.571. The van der Waals surface area contributed by atoms with Crippen LogP contribution < -0.4 is 5.73 Å². The van der Waals surface area contributed by atoms with E-state index in [2.05, 4.69) is 21.9 Å². The first kappa shape index (κ1) is 13.4. The van der Waals surface area contributed by atoms with Gasteiger partial charge in [-0.25, -0.2) is 0 Å². The van der Waals surface area contributed by atoms with E-state index in [9.17, 15) is 0 Å². The molecule has 2 heterocycles. The van der Waals surface area contributed by atoms with Gasteiger partial charge in [-0.1, -0.05) is 30.5 Å². The summed E-state index contributed by atoms with van der Waals surface area (Å²) >= 11 is 1.39. The Balaban J connectivity index is 2.15. The first-order chi connectivity index (χ1) is 9.20. The molecule has 0 aliphatic carbocycles. The number of fused-ring (bicyclic) bond motifs is 1. The minimum absolute atomic E-state index is 0.571. The Labute approximate surface area is 115 Å². The lowest BCUT2D eigenvalue weighted by molar-refractivity contribution is 0.837. The molecule has 0 bridgehead atoms. The minimum Gasteiger partial charge on any atom is -0.394 e. The Morgan fingerprint density at radius 1 is 1.53 bits per heavy atom. The van der Waals surface area contributed by atoms with E-state index in [-0.39, 0.29) is 0 Å². The van der Waals surface area contributed by atoms with Crippen LogP contribution in [0.3, 0.4) is 0 Å².